The van der Waals surface area contributed by atoms with E-state index in [-0.39, 0.29) is 22.9 Å². The maximum atomic E-state index is 11.7. The van der Waals surface area contributed by atoms with Gasteiger partial charge in [-0.3, -0.25) is 4.79 Å². The molecule has 0 aromatic heterocycles. The molecule has 0 saturated heterocycles. The lowest BCUT2D eigenvalue weighted by atomic mass is 9.94. The van der Waals surface area contributed by atoms with Crippen LogP contribution in [-0.4, -0.2) is 35.8 Å². The van der Waals surface area contributed by atoms with Crippen molar-refractivity contribution in [2.24, 2.45) is 0 Å². The molecule has 0 heterocycles. The zero-order chi connectivity index (χ0) is 12.9. The number of esters is 1. The zero-order valence-corrected chi connectivity index (χ0v) is 12.1. The summed E-state index contributed by atoms with van der Waals surface area (Å²) in [7, 11) is 1.70. The summed E-state index contributed by atoms with van der Waals surface area (Å²) in [4.78, 5) is 11.7. The highest BCUT2D eigenvalue weighted by Crippen LogP contribution is 2.26. The summed E-state index contributed by atoms with van der Waals surface area (Å²) in [6, 6.07) is 0. The van der Waals surface area contributed by atoms with Gasteiger partial charge >= 0.3 is 5.97 Å². The Morgan fingerprint density at radius 2 is 1.82 bits per heavy atom. The zero-order valence-electron chi connectivity index (χ0n) is 11.3. The van der Waals surface area contributed by atoms with E-state index in [1.165, 1.54) is 6.42 Å². The summed E-state index contributed by atoms with van der Waals surface area (Å²) >= 11 is 1.62. The van der Waals surface area contributed by atoms with Crippen molar-refractivity contribution in [1.29, 1.82) is 0 Å². The van der Waals surface area contributed by atoms with Crippen LogP contribution in [0.5, 0.6) is 0 Å². The third kappa shape index (κ3) is 5.77. The minimum Gasteiger partial charge on any atom is -0.459 e. The quantitative estimate of drug-likeness (QED) is 0.728. The Hall–Kier alpha value is -0.220. The fourth-order valence-electron chi connectivity index (χ4n) is 1.95. The van der Waals surface area contributed by atoms with E-state index in [4.69, 9.17) is 9.47 Å². The molecular weight excluding hydrogens is 236 g/mol. The van der Waals surface area contributed by atoms with Crippen LogP contribution in [0.25, 0.3) is 0 Å². The van der Waals surface area contributed by atoms with E-state index in [9.17, 15) is 4.79 Å². The van der Waals surface area contributed by atoms with Crippen molar-refractivity contribution in [3.8, 4) is 0 Å². The Kier molecular flexibility index (Phi) is 5.80. The molecule has 0 N–H and O–H groups in total. The molecule has 0 radical (unpaired) electrons. The topological polar surface area (TPSA) is 35.5 Å². The predicted octanol–water partition coefficient (Wildman–Crippen LogP) is 3.02. The van der Waals surface area contributed by atoms with Crippen LogP contribution >= 0.6 is 11.8 Å². The molecule has 0 aromatic rings. The second kappa shape index (κ2) is 6.64. The normalized spacial score (nSPS) is 25.6. The molecule has 4 heteroatoms. The predicted molar refractivity (Wildman–Crippen MR) is 71.4 cm³/mol. The lowest BCUT2D eigenvalue weighted by Gasteiger charge is -2.30. The van der Waals surface area contributed by atoms with Crippen LogP contribution in [0.2, 0.25) is 0 Å². The Labute approximate surface area is 109 Å². The number of carbonyl (C=O) groups excluding carboxylic acids is 1. The molecule has 1 aliphatic rings. The van der Waals surface area contributed by atoms with E-state index < -0.39 is 0 Å². The number of carbonyl (C=O) groups is 1. The first kappa shape index (κ1) is 14.8. The summed E-state index contributed by atoms with van der Waals surface area (Å²) in [6.07, 6.45) is 4.29. The lowest BCUT2D eigenvalue weighted by molar-refractivity contribution is -0.155. The molecule has 17 heavy (non-hydrogen) atoms. The first-order chi connectivity index (χ1) is 7.92. The summed E-state index contributed by atoms with van der Waals surface area (Å²) in [5.74, 6) is 0.315. The Morgan fingerprint density at radius 1 is 1.24 bits per heavy atom. The second-order valence-electron chi connectivity index (χ2n) is 5.49. The molecule has 1 fully saturated rings. The fourth-order valence-corrected chi connectivity index (χ4v) is 2.56. The molecule has 0 aromatic carbocycles. The minimum atomic E-state index is -0.112. The van der Waals surface area contributed by atoms with Gasteiger partial charge in [0.25, 0.3) is 0 Å². The van der Waals surface area contributed by atoms with Crippen molar-refractivity contribution >= 4 is 17.7 Å². The summed E-state index contributed by atoms with van der Waals surface area (Å²) in [5, 5.41) is 0. The fraction of sp³-hybridized carbons (Fsp3) is 0.923. The number of hydrogen-bond donors (Lipinski definition) is 0. The van der Waals surface area contributed by atoms with Crippen LogP contribution in [0.1, 0.15) is 46.5 Å². The van der Waals surface area contributed by atoms with Gasteiger partial charge in [-0.25, -0.2) is 0 Å². The summed E-state index contributed by atoms with van der Waals surface area (Å²) in [6.45, 7) is 6.30. The van der Waals surface area contributed by atoms with Gasteiger partial charge in [0, 0.05) is 11.9 Å². The number of hydrogen-bond acceptors (Lipinski definition) is 4. The van der Waals surface area contributed by atoms with Crippen LogP contribution < -0.4 is 0 Å². The molecule has 0 aliphatic heterocycles. The van der Waals surface area contributed by atoms with E-state index in [0.717, 1.165) is 19.3 Å². The highest BCUT2D eigenvalue weighted by Gasteiger charge is 2.28. The van der Waals surface area contributed by atoms with Crippen LogP contribution in [0, 0.1) is 0 Å². The SMILES string of the molecule is CO[C@H]1CCCC[C@@H]1OC(=O)CSC(C)(C)C. The van der Waals surface area contributed by atoms with Crippen LogP contribution in [0.4, 0.5) is 0 Å². The molecule has 2 atom stereocenters. The first-order valence-electron chi connectivity index (χ1n) is 6.28. The van der Waals surface area contributed by atoms with Crippen molar-refractivity contribution in [2.45, 2.75) is 63.4 Å². The van der Waals surface area contributed by atoms with Gasteiger partial charge in [-0.1, -0.05) is 27.2 Å². The third-order valence-corrected chi connectivity index (χ3v) is 4.10. The Balaban J connectivity index is 2.33. The Bertz CT molecular complexity index is 248. The van der Waals surface area contributed by atoms with Crippen molar-refractivity contribution in [3.05, 3.63) is 0 Å². The molecule has 0 unspecified atom stereocenters. The number of ether oxygens (including phenoxy) is 2. The van der Waals surface area contributed by atoms with Gasteiger partial charge in [-0.15, -0.1) is 11.8 Å². The monoisotopic (exact) mass is 260 g/mol. The minimum absolute atomic E-state index is 0.0400. The van der Waals surface area contributed by atoms with Gasteiger partial charge in [-0.2, -0.15) is 0 Å². The highest BCUT2D eigenvalue weighted by atomic mass is 32.2. The first-order valence-corrected chi connectivity index (χ1v) is 7.27. The summed E-state index contributed by atoms with van der Waals surface area (Å²) < 4.78 is 11.0. The Morgan fingerprint density at radius 3 is 2.35 bits per heavy atom. The molecule has 1 rings (SSSR count). The van der Waals surface area contributed by atoms with Crippen molar-refractivity contribution < 1.29 is 14.3 Å². The van der Waals surface area contributed by atoms with Crippen molar-refractivity contribution in [1.82, 2.24) is 0 Å². The van der Waals surface area contributed by atoms with E-state index in [2.05, 4.69) is 20.8 Å². The van der Waals surface area contributed by atoms with Gasteiger partial charge in [0.1, 0.15) is 6.10 Å². The van der Waals surface area contributed by atoms with Crippen molar-refractivity contribution in [3.63, 3.8) is 0 Å². The van der Waals surface area contributed by atoms with Crippen LogP contribution in [0.15, 0.2) is 0 Å². The molecular formula is C13H24O3S. The van der Waals surface area contributed by atoms with E-state index >= 15 is 0 Å². The van der Waals surface area contributed by atoms with E-state index in [0.29, 0.717) is 5.75 Å². The molecule has 0 amide bonds. The third-order valence-electron chi connectivity index (χ3n) is 2.85. The van der Waals surface area contributed by atoms with Crippen molar-refractivity contribution in [2.75, 3.05) is 12.9 Å². The molecule has 0 bridgehead atoms. The van der Waals surface area contributed by atoms with Gasteiger partial charge in [-0.05, 0) is 19.3 Å². The average molecular weight is 260 g/mol. The largest absolute Gasteiger partial charge is 0.459 e. The highest BCUT2D eigenvalue weighted by molar-refractivity contribution is 8.01. The number of thioether (sulfide) groups is 1. The standard InChI is InChI=1S/C13H24O3S/c1-13(2,3)17-9-12(14)16-11-8-6-5-7-10(11)15-4/h10-11H,5-9H2,1-4H3/t10-,11-/m0/s1. The number of rotatable bonds is 4. The molecule has 1 aliphatic carbocycles. The average Bonchev–Trinajstić information content (AvgIpc) is 2.26. The molecule has 0 spiro atoms. The lowest BCUT2D eigenvalue weighted by Crippen LogP contribution is -2.36. The van der Waals surface area contributed by atoms with Crippen LogP contribution in [0.3, 0.4) is 0 Å². The van der Waals surface area contributed by atoms with Gasteiger partial charge in [0.2, 0.25) is 0 Å². The smallest absolute Gasteiger partial charge is 0.316 e. The summed E-state index contributed by atoms with van der Waals surface area (Å²) in [5.41, 5.74) is 0. The second-order valence-corrected chi connectivity index (χ2v) is 7.29. The maximum Gasteiger partial charge on any atom is 0.316 e. The van der Waals surface area contributed by atoms with E-state index in [1.54, 1.807) is 18.9 Å². The molecule has 3 nitrogen and oxygen atoms in total. The van der Waals surface area contributed by atoms with Crippen LogP contribution in [-0.2, 0) is 14.3 Å². The number of methoxy groups -OCH3 is 1. The van der Waals surface area contributed by atoms with Gasteiger partial charge in [0.05, 0.1) is 11.9 Å². The molecule has 100 valence electrons. The maximum absolute atomic E-state index is 11.7. The molecule has 1 saturated carbocycles. The van der Waals surface area contributed by atoms with Gasteiger partial charge in [0.15, 0.2) is 0 Å². The van der Waals surface area contributed by atoms with Gasteiger partial charge < -0.3 is 9.47 Å². The van der Waals surface area contributed by atoms with E-state index in [1.807, 2.05) is 0 Å².